The quantitative estimate of drug-likeness (QED) is 0.662. The summed E-state index contributed by atoms with van der Waals surface area (Å²) in [5.74, 6) is 0.267. The fourth-order valence-electron chi connectivity index (χ4n) is 2.42. The number of nitrogens with one attached hydrogen (secondary N) is 2. The molecular formula is C19H23ClN2O2. The van der Waals surface area contributed by atoms with Crippen molar-refractivity contribution in [2.75, 3.05) is 23.1 Å². The van der Waals surface area contributed by atoms with Crippen molar-refractivity contribution in [3.8, 4) is 0 Å². The highest BCUT2D eigenvalue weighted by Crippen LogP contribution is 2.25. The Morgan fingerprint density at radius 2 is 1.71 bits per heavy atom. The predicted molar refractivity (Wildman–Crippen MR) is 100 cm³/mol. The van der Waals surface area contributed by atoms with Crippen LogP contribution in [0.3, 0.4) is 0 Å². The van der Waals surface area contributed by atoms with Crippen LogP contribution < -0.4 is 10.6 Å². The second-order valence-electron chi connectivity index (χ2n) is 5.93. The summed E-state index contributed by atoms with van der Waals surface area (Å²) in [4.78, 5) is 12.7. The number of hydrogen-bond acceptors (Lipinski definition) is 3. The number of hydrogen-bond donors (Lipinski definition) is 3. The zero-order chi connectivity index (χ0) is 17.5. The monoisotopic (exact) mass is 346 g/mol. The summed E-state index contributed by atoms with van der Waals surface area (Å²) in [7, 11) is 0. The van der Waals surface area contributed by atoms with Gasteiger partial charge >= 0.3 is 0 Å². The van der Waals surface area contributed by atoms with Crippen LogP contribution >= 0.6 is 11.6 Å². The first-order valence-corrected chi connectivity index (χ1v) is 8.53. The lowest BCUT2D eigenvalue weighted by Gasteiger charge is -2.16. The highest BCUT2D eigenvalue weighted by atomic mass is 35.5. The molecule has 0 bridgehead atoms. The Kier molecular flexibility index (Phi) is 6.64. The maximum absolute atomic E-state index is 12.7. The van der Waals surface area contributed by atoms with Crippen LogP contribution in [-0.2, 0) is 0 Å². The molecule has 0 fully saturated rings. The fraction of sp³-hybridized carbons (Fsp3) is 0.316. The van der Waals surface area contributed by atoms with Crippen LogP contribution in [0.5, 0.6) is 0 Å². The van der Waals surface area contributed by atoms with Gasteiger partial charge in [0, 0.05) is 17.9 Å². The Hall–Kier alpha value is -2.04. The fourth-order valence-corrected chi connectivity index (χ4v) is 2.53. The molecule has 0 saturated carbocycles. The van der Waals surface area contributed by atoms with Crippen LogP contribution in [0, 0.1) is 0 Å². The molecule has 0 aliphatic carbocycles. The second-order valence-corrected chi connectivity index (χ2v) is 6.24. The molecule has 3 N–H and O–H groups in total. The SMILES string of the molecule is CC(C)c1ccccc1NC(=O)c1ccccc1NCC(O)CCl. The van der Waals surface area contributed by atoms with Gasteiger partial charge in [0.2, 0.25) is 0 Å². The van der Waals surface area contributed by atoms with Crippen molar-refractivity contribution in [3.63, 3.8) is 0 Å². The van der Waals surface area contributed by atoms with E-state index in [1.807, 2.05) is 42.5 Å². The van der Waals surface area contributed by atoms with Crippen molar-refractivity contribution in [2.45, 2.75) is 25.9 Å². The summed E-state index contributed by atoms with van der Waals surface area (Å²) in [5, 5.41) is 15.6. The maximum Gasteiger partial charge on any atom is 0.257 e. The third-order valence-corrected chi connectivity index (χ3v) is 4.07. The lowest BCUT2D eigenvalue weighted by molar-refractivity contribution is 0.102. The molecule has 1 unspecified atom stereocenters. The smallest absolute Gasteiger partial charge is 0.257 e. The largest absolute Gasteiger partial charge is 0.390 e. The van der Waals surface area contributed by atoms with E-state index in [0.29, 0.717) is 17.2 Å². The van der Waals surface area contributed by atoms with Crippen molar-refractivity contribution >= 4 is 28.9 Å². The maximum atomic E-state index is 12.7. The molecule has 0 radical (unpaired) electrons. The molecule has 128 valence electrons. The van der Waals surface area contributed by atoms with E-state index in [1.165, 1.54) is 0 Å². The van der Waals surface area contributed by atoms with Gasteiger partial charge in [-0.3, -0.25) is 4.79 Å². The van der Waals surface area contributed by atoms with Crippen LogP contribution in [-0.4, -0.2) is 29.5 Å². The summed E-state index contributed by atoms with van der Waals surface area (Å²) >= 11 is 5.61. The number of carbonyl (C=O) groups excluding carboxylic acids is 1. The first-order chi connectivity index (χ1) is 11.5. The van der Waals surface area contributed by atoms with Gasteiger partial charge in [-0.25, -0.2) is 0 Å². The van der Waals surface area contributed by atoms with Crippen LogP contribution in [0.4, 0.5) is 11.4 Å². The molecule has 24 heavy (non-hydrogen) atoms. The van der Waals surface area contributed by atoms with E-state index < -0.39 is 6.10 Å². The molecule has 0 aliphatic rings. The minimum Gasteiger partial charge on any atom is -0.390 e. The average molecular weight is 347 g/mol. The third-order valence-electron chi connectivity index (χ3n) is 3.71. The number of para-hydroxylation sites is 2. The molecule has 2 aromatic carbocycles. The lowest BCUT2D eigenvalue weighted by Crippen LogP contribution is -2.23. The van der Waals surface area contributed by atoms with E-state index in [4.69, 9.17) is 11.6 Å². The normalized spacial score (nSPS) is 12.0. The van der Waals surface area contributed by atoms with Crippen LogP contribution in [0.15, 0.2) is 48.5 Å². The number of anilines is 2. The number of aliphatic hydroxyl groups excluding tert-OH is 1. The molecule has 0 aromatic heterocycles. The second kappa shape index (κ2) is 8.71. The minimum absolute atomic E-state index is 0.142. The van der Waals surface area contributed by atoms with Gasteiger partial charge < -0.3 is 15.7 Å². The van der Waals surface area contributed by atoms with Gasteiger partial charge in [0.05, 0.1) is 17.5 Å². The molecule has 4 nitrogen and oxygen atoms in total. The first-order valence-electron chi connectivity index (χ1n) is 8.00. The Morgan fingerprint density at radius 3 is 2.38 bits per heavy atom. The summed E-state index contributed by atoms with van der Waals surface area (Å²) in [5.41, 5.74) is 3.10. The van der Waals surface area contributed by atoms with Crippen molar-refractivity contribution in [2.24, 2.45) is 0 Å². The summed E-state index contributed by atoms with van der Waals surface area (Å²) < 4.78 is 0. The molecule has 1 atom stereocenters. The van der Waals surface area contributed by atoms with Crippen molar-refractivity contribution in [3.05, 3.63) is 59.7 Å². The average Bonchev–Trinajstić information content (AvgIpc) is 2.60. The summed E-state index contributed by atoms with van der Waals surface area (Å²) in [6.07, 6.45) is -0.663. The van der Waals surface area contributed by atoms with Crippen LogP contribution in [0.25, 0.3) is 0 Å². The van der Waals surface area contributed by atoms with E-state index >= 15 is 0 Å². The Labute approximate surface area is 147 Å². The highest BCUT2D eigenvalue weighted by molar-refractivity contribution is 6.18. The Bertz CT molecular complexity index is 689. The van der Waals surface area contributed by atoms with Crippen LogP contribution in [0.2, 0.25) is 0 Å². The molecule has 0 aliphatic heterocycles. The summed E-state index contributed by atoms with van der Waals surface area (Å²) in [6, 6.07) is 15.0. The standard InChI is InChI=1S/C19H23ClN2O2/c1-13(2)15-7-3-6-10-18(15)22-19(24)16-8-4-5-9-17(16)21-12-14(23)11-20/h3-10,13-14,21,23H,11-12H2,1-2H3,(H,22,24). The van der Waals surface area contributed by atoms with E-state index in [0.717, 1.165) is 11.3 Å². The van der Waals surface area contributed by atoms with Gasteiger partial charge in [0.25, 0.3) is 5.91 Å². The zero-order valence-electron chi connectivity index (χ0n) is 13.9. The number of halogens is 1. The van der Waals surface area contributed by atoms with Gasteiger partial charge in [0.1, 0.15) is 0 Å². The summed E-state index contributed by atoms with van der Waals surface area (Å²) in [6.45, 7) is 4.47. The van der Waals surface area contributed by atoms with E-state index in [-0.39, 0.29) is 18.3 Å². The Balaban J connectivity index is 2.19. The van der Waals surface area contributed by atoms with E-state index in [2.05, 4.69) is 24.5 Å². The van der Waals surface area contributed by atoms with E-state index in [1.54, 1.807) is 6.07 Å². The van der Waals surface area contributed by atoms with Crippen molar-refractivity contribution in [1.29, 1.82) is 0 Å². The minimum atomic E-state index is -0.663. The van der Waals surface area contributed by atoms with Gasteiger partial charge in [-0.15, -0.1) is 11.6 Å². The number of rotatable bonds is 7. The molecule has 2 aromatic rings. The molecular weight excluding hydrogens is 324 g/mol. The first kappa shape index (κ1) is 18.3. The van der Waals surface area contributed by atoms with Gasteiger partial charge in [-0.2, -0.15) is 0 Å². The predicted octanol–water partition coefficient (Wildman–Crippen LogP) is 4.07. The molecule has 1 amide bonds. The molecule has 2 rings (SSSR count). The van der Waals surface area contributed by atoms with E-state index in [9.17, 15) is 9.90 Å². The van der Waals surface area contributed by atoms with Gasteiger partial charge in [0.15, 0.2) is 0 Å². The third kappa shape index (κ3) is 4.73. The number of aliphatic hydroxyl groups is 1. The Morgan fingerprint density at radius 1 is 1.08 bits per heavy atom. The van der Waals surface area contributed by atoms with Gasteiger partial charge in [-0.1, -0.05) is 44.2 Å². The van der Waals surface area contributed by atoms with Crippen molar-refractivity contribution < 1.29 is 9.90 Å². The molecule has 0 spiro atoms. The topological polar surface area (TPSA) is 61.4 Å². The molecule has 0 saturated heterocycles. The highest BCUT2D eigenvalue weighted by Gasteiger charge is 2.14. The number of alkyl halides is 1. The molecule has 5 heteroatoms. The van der Waals surface area contributed by atoms with Crippen molar-refractivity contribution in [1.82, 2.24) is 0 Å². The number of amides is 1. The lowest BCUT2D eigenvalue weighted by atomic mass is 10.0. The number of benzene rings is 2. The number of carbonyl (C=O) groups is 1. The van der Waals surface area contributed by atoms with Gasteiger partial charge in [-0.05, 0) is 29.7 Å². The van der Waals surface area contributed by atoms with Crippen LogP contribution in [0.1, 0.15) is 35.7 Å². The zero-order valence-corrected chi connectivity index (χ0v) is 14.7. The molecule has 0 heterocycles.